The number of halogens is 2. The van der Waals surface area contributed by atoms with E-state index in [0.717, 1.165) is 26.2 Å². The molecule has 1 aliphatic rings. The molecule has 0 bridgehead atoms. The lowest BCUT2D eigenvalue weighted by atomic mass is 9.95. The van der Waals surface area contributed by atoms with Gasteiger partial charge in [-0.1, -0.05) is 30.7 Å². The molecule has 1 fully saturated rings. The summed E-state index contributed by atoms with van der Waals surface area (Å²) in [7, 11) is 0. The molecule has 1 aliphatic heterocycles. The molecule has 0 aliphatic carbocycles. The Balaban J connectivity index is 1.65. The van der Waals surface area contributed by atoms with Crippen molar-refractivity contribution in [1.82, 2.24) is 10.2 Å². The van der Waals surface area contributed by atoms with Crippen molar-refractivity contribution in [3.8, 4) is 0 Å². The minimum Gasteiger partial charge on any atom is -0.309 e. The van der Waals surface area contributed by atoms with Crippen LogP contribution >= 0.6 is 0 Å². The molecule has 2 aromatic carbocycles. The monoisotopic (exact) mass is 386 g/mol. The summed E-state index contributed by atoms with van der Waals surface area (Å²) in [5, 5.41) is 3.69. The average Bonchev–Trinajstić information content (AvgIpc) is 2.67. The highest BCUT2D eigenvalue weighted by Crippen LogP contribution is 2.24. The highest BCUT2D eigenvalue weighted by Gasteiger charge is 2.20. The molecular weight excluding hydrogens is 354 g/mol. The van der Waals surface area contributed by atoms with E-state index >= 15 is 0 Å². The van der Waals surface area contributed by atoms with Crippen LogP contribution in [0.2, 0.25) is 0 Å². The molecule has 1 saturated heterocycles. The molecule has 0 radical (unpaired) electrons. The van der Waals surface area contributed by atoms with Gasteiger partial charge in [0.25, 0.3) is 0 Å². The molecule has 0 aromatic heterocycles. The molecule has 1 unspecified atom stereocenters. The van der Waals surface area contributed by atoms with Crippen LogP contribution in [0.1, 0.15) is 54.0 Å². The van der Waals surface area contributed by atoms with E-state index in [-0.39, 0.29) is 11.6 Å². The summed E-state index contributed by atoms with van der Waals surface area (Å²) in [6.45, 7) is 8.37. The third kappa shape index (κ3) is 5.39. The first kappa shape index (κ1) is 20.9. The van der Waals surface area contributed by atoms with Crippen LogP contribution < -0.4 is 5.32 Å². The number of likely N-dealkylation sites (tertiary alicyclic amines) is 1. The van der Waals surface area contributed by atoms with Crippen LogP contribution in [0.5, 0.6) is 0 Å². The van der Waals surface area contributed by atoms with E-state index in [9.17, 15) is 8.78 Å². The molecule has 0 saturated carbocycles. The van der Waals surface area contributed by atoms with Gasteiger partial charge in [0.1, 0.15) is 11.6 Å². The second-order valence-electron chi connectivity index (χ2n) is 7.98. The predicted molar refractivity (Wildman–Crippen MR) is 112 cm³/mol. The average molecular weight is 387 g/mol. The number of piperidine rings is 1. The molecule has 0 amide bonds. The van der Waals surface area contributed by atoms with Gasteiger partial charge in [0, 0.05) is 18.2 Å². The fourth-order valence-corrected chi connectivity index (χ4v) is 4.35. The molecular formula is C24H32F2N2. The molecule has 1 heterocycles. The quantitative estimate of drug-likeness (QED) is 0.617. The Labute approximate surface area is 168 Å². The van der Waals surface area contributed by atoms with Gasteiger partial charge in [0.15, 0.2) is 0 Å². The van der Waals surface area contributed by atoms with Crippen LogP contribution in [-0.4, -0.2) is 31.1 Å². The van der Waals surface area contributed by atoms with Crippen LogP contribution in [-0.2, 0) is 6.42 Å². The predicted octanol–water partition coefficient (Wildman–Crippen LogP) is 5.33. The summed E-state index contributed by atoms with van der Waals surface area (Å²) < 4.78 is 27.7. The van der Waals surface area contributed by atoms with Crippen molar-refractivity contribution in [1.29, 1.82) is 0 Å². The first-order chi connectivity index (χ1) is 13.6. The van der Waals surface area contributed by atoms with Crippen molar-refractivity contribution in [2.75, 3.05) is 26.2 Å². The van der Waals surface area contributed by atoms with Crippen LogP contribution in [0.3, 0.4) is 0 Å². The minimum absolute atomic E-state index is 0.198. The maximum atomic E-state index is 13.8. The summed E-state index contributed by atoms with van der Waals surface area (Å²) >= 11 is 0. The van der Waals surface area contributed by atoms with Crippen LogP contribution in [0, 0.1) is 25.5 Å². The third-order valence-corrected chi connectivity index (χ3v) is 5.84. The van der Waals surface area contributed by atoms with E-state index in [2.05, 4.69) is 42.3 Å². The number of hydrogen-bond acceptors (Lipinski definition) is 2. The summed E-state index contributed by atoms with van der Waals surface area (Å²) in [4.78, 5) is 2.55. The third-order valence-electron chi connectivity index (χ3n) is 5.84. The first-order valence-electron chi connectivity index (χ1n) is 10.5. The van der Waals surface area contributed by atoms with E-state index in [1.54, 1.807) is 0 Å². The molecule has 2 nitrogen and oxygen atoms in total. The second-order valence-corrected chi connectivity index (χ2v) is 7.98. The Kier molecular flexibility index (Phi) is 7.57. The molecule has 1 atom stereocenters. The van der Waals surface area contributed by atoms with Crippen molar-refractivity contribution < 1.29 is 8.78 Å². The standard InChI is InChI=1S/C24H32F2N2/c1-18-9-6-10-19(2)24(18)23(17-28-15-4-3-5-16-28)27-14-8-11-20-21(25)12-7-13-22(20)26/h6-7,9-10,12-13,23,27H,3-5,8,11,14-17H2,1-2H3. The zero-order valence-corrected chi connectivity index (χ0v) is 17.1. The fraction of sp³-hybridized carbons (Fsp3) is 0.500. The lowest BCUT2D eigenvalue weighted by molar-refractivity contribution is 0.205. The van der Waals surface area contributed by atoms with Gasteiger partial charge < -0.3 is 10.2 Å². The van der Waals surface area contributed by atoms with Gasteiger partial charge in [-0.3, -0.25) is 0 Å². The Bertz CT molecular complexity index is 729. The van der Waals surface area contributed by atoms with Gasteiger partial charge in [-0.15, -0.1) is 0 Å². The summed E-state index contributed by atoms with van der Waals surface area (Å²) in [5.74, 6) is -0.890. The summed E-state index contributed by atoms with van der Waals surface area (Å²) in [6.07, 6.45) is 4.98. The van der Waals surface area contributed by atoms with Crippen molar-refractivity contribution in [2.45, 2.75) is 52.0 Å². The van der Waals surface area contributed by atoms with E-state index in [4.69, 9.17) is 0 Å². The lowest BCUT2D eigenvalue weighted by Crippen LogP contribution is -2.39. The highest BCUT2D eigenvalue weighted by molar-refractivity contribution is 5.36. The fourth-order valence-electron chi connectivity index (χ4n) is 4.35. The Morgan fingerprint density at radius 2 is 1.54 bits per heavy atom. The zero-order valence-electron chi connectivity index (χ0n) is 17.1. The molecule has 1 N–H and O–H groups in total. The number of rotatable bonds is 8. The second kappa shape index (κ2) is 10.1. The van der Waals surface area contributed by atoms with Gasteiger partial charge in [0.05, 0.1) is 0 Å². The van der Waals surface area contributed by atoms with E-state index < -0.39 is 11.6 Å². The molecule has 0 spiro atoms. The van der Waals surface area contributed by atoms with Crippen LogP contribution in [0.15, 0.2) is 36.4 Å². The summed E-state index contributed by atoms with van der Waals surface area (Å²) in [6, 6.07) is 10.8. The van der Waals surface area contributed by atoms with Gasteiger partial charge in [0.2, 0.25) is 0 Å². The molecule has 3 rings (SSSR count). The number of benzene rings is 2. The molecule has 28 heavy (non-hydrogen) atoms. The number of aryl methyl sites for hydroxylation is 2. The Hall–Kier alpha value is -1.78. The largest absolute Gasteiger partial charge is 0.309 e. The van der Waals surface area contributed by atoms with Gasteiger partial charge in [-0.2, -0.15) is 0 Å². The lowest BCUT2D eigenvalue weighted by Gasteiger charge is -2.32. The van der Waals surface area contributed by atoms with Crippen molar-refractivity contribution in [2.24, 2.45) is 0 Å². The first-order valence-corrected chi connectivity index (χ1v) is 10.5. The summed E-state index contributed by atoms with van der Waals surface area (Å²) in [5.41, 5.74) is 4.17. The smallest absolute Gasteiger partial charge is 0.129 e. The normalized spacial score (nSPS) is 16.3. The molecule has 2 aromatic rings. The highest BCUT2D eigenvalue weighted by atomic mass is 19.1. The van der Waals surface area contributed by atoms with Crippen molar-refractivity contribution in [3.05, 3.63) is 70.3 Å². The van der Waals surface area contributed by atoms with Gasteiger partial charge >= 0.3 is 0 Å². The zero-order chi connectivity index (χ0) is 19.9. The Morgan fingerprint density at radius 3 is 2.18 bits per heavy atom. The van der Waals surface area contributed by atoms with E-state index in [1.165, 1.54) is 54.2 Å². The van der Waals surface area contributed by atoms with Crippen LogP contribution in [0.4, 0.5) is 8.78 Å². The van der Waals surface area contributed by atoms with Crippen molar-refractivity contribution in [3.63, 3.8) is 0 Å². The maximum absolute atomic E-state index is 13.8. The van der Waals surface area contributed by atoms with Gasteiger partial charge in [-0.05, 0) is 88.0 Å². The maximum Gasteiger partial charge on any atom is 0.129 e. The van der Waals surface area contributed by atoms with E-state index in [0.29, 0.717) is 12.8 Å². The number of nitrogens with zero attached hydrogens (tertiary/aromatic N) is 1. The topological polar surface area (TPSA) is 15.3 Å². The van der Waals surface area contributed by atoms with Crippen molar-refractivity contribution >= 4 is 0 Å². The SMILES string of the molecule is Cc1cccc(C)c1C(CN1CCCCC1)NCCCc1c(F)cccc1F. The molecule has 4 heteroatoms. The van der Waals surface area contributed by atoms with Crippen LogP contribution in [0.25, 0.3) is 0 Å². The number of nitrogens with one attached hydrogen (secondary N) is 1. The molecule has 152 valence electrons. The van der Waals surface area contributed by atoms with E-state index in [1.807, 2.05) is 0 Å². The Morgan fingerprint density at radius 1 is 0.929 bits per heavy atom. The van der Waals surface area contributed by atoms with Gasteiger partial charge in [-0.25, -0.2) is 8.78 Å². The number of hydrogen-bond donors (Lipinski definition) is 1. The minimum atomic E-state index is -0.445.